The summed E-state index contributed by atoms with van der Waals surface area (Å²) in [5.74, 6) is -1.13. The molecule has 0 spiro atoms. The Morgan fingerprint density at radius 2 is 1.59 bits per heavy atom. The monoisotopic (exact) mass is 456 g/mol. The molecule has 3 amide bonds. The Balaban J connectivity index is 1.38. The molecule has 0 atom stereocenters. The highest BCUT2D eigenvalue weighted by atomic mass is 35.5. The minimum absolute atomic E-state index is 0.0632. The Bertz CT molecular complexity index is 1070. The number of hydrogen-bond acceptors (Lipinski definition) is 4. The van der Waals surface area contributed by atoms with Gasteiger partial charge in [0.1, 0.15) is 11.5 Å². The molecule has 1 fully saturated rings. The molecule has 2 aliphatic heterocycles. The fraction of sp³-hybridized carbons (Fsp3) is 0.304. The Morgan fingerprint density at radius 1 is 0.938 bits per heavy atom. The van der Waals surface area contributed by atoms with Gasteiger partial charge >= 0.3 is 0 Å². The molecule has 0 radical (unpaired) electrons. The summed E-state index contributed by atoms with van der Waals surface area (Å²) in [6.07, 6.45) is 0.534. The van der Waals surface area contributed by atoms with Gasteiger partial charge in [-0.1, -0.05) is 41.9 Å². The molecule has 7 nitrogen and oxygen atoms in total. The zero-order chi connectivity index (χ0) is 22.7. The number of amides is 3. The average molecular weight is 457 g/mol. The van der Waals surface area contributed by atoms with Crippen molar-refractivity contribution in [3.05, 3.63) is 70.5 Å². The molecule has 0 aromatic heterocycles. The smallest absolute Gasteiger partial charge is 0.270 e. The Morgan fingerprint density at radius 3 is 2.25 bits per heavy atom. The number of hydrogen-bond donors (Lipinski definition) is 0. The van der Waals surface area contributed by atoms with Crippen LogP contribution < -0.4 is 0 Å². The van der Waals surface area contributed by atoms with E-state index in [1.165, 1.54) is 17.1 Å². The van der Waals surface area contributed by atoms with Crippen molar-refractivity contribution in [1.29, 1.82) is 0 Å². The minimum Gasteiger partial charge on any atom is -0.335 e. The van der Waals surface area contributed by atoms with Crippen molar-refractivity contribution in [2.24, 2.45) is 5.10 Å². The van der Waals surface area contributed by atoms with Crippen molar-refractivity contribution in [3.63, 3.8) is 0 Å². The first-order chi connectivity index (χ1) is 15.4. The standard InChI is InChI=1S/C23H22ClFN4O3/c24-19-14-17(25)6-7-18(19)22(31)27-10-12-28(13-11-27)23(32)20-8-9-21(30)29(26-20)15-16-4-2-1-3-5-16/h1-7,14H,8-13,15H2. The van der Waals surface area contributed by atoms with Gasteiger partial charge in [-0.15, -0.1) is 0 Å². The molecule has 0 saturated carbocycles. The lowest BCUT2D eigenvalue weighted by Crippen LogP contribution is -2.52. The highest BCUT2D eigenvalue weighted by Crippen LogP contribution is 2.20. The van der Waals surface area contributed by atoms with Crippen molar-refractivity contribution in [2.45, 2.75) is 19.4 Å². The molecular formula is C23H22ClFN4O3. The van der Waals surface area contributed by atoms with Crippen LogP contribution in [0.4, 0.5) is 4.39 Å². The number of halogens is 2. The summed E-state index contributed by atoms with van der Waals surface area (Å²) < 4.78 is 13.3. The molecule has 2 heterocycles. The lowest BCUT2D eigenvalue weighted by molar-refractivity contribution is -0.132. The van der Waals surface area contributed by atoms with Gasteiger partial charge in [0, 0.05) is 39.0 Å². The van der Waals surface area contributed by atoms with E-state index in [1.54, 1.807) is 9.80 Å². The molecule has 0 bridgehead atoms. The fourth-order valence-corrected chi connectivity index (χ4v) is 4.01. The quantitative estimate of drug-likeness (QED) is 0.710. The van der Waals surface area contributed by atoms with Crippen LogP contribution in [0.5, 0.6) is 0 Å². The predicted octanol–water partition coefficient (Wildman–Crippen LogP) is 2.94. The summed E-state index contributed by atoms with van der Waals surface area (Å²) >= 11 is 6.01. The van der Waals surface area contributed by atoms with E-state index < -0.39 is 5.82 Å². The van der Waals surface area contributed by atoms with E-state index in [2.05, 4.69) is 5.10 Å². The van der Waals surface area contributed by atoms with Crippen LogP contribution in [0.25, 0.3) is 0 Å². The number of carbonyl (C=O) groups excluding carboxylic acids is 3. The third-order valence-electron chi connectivity index (χ3n) is 5.54. The maximum atomic E-state index is 13.3. The van der Waals surface area contributed by atoms with E-state index in [0.29, 0.717) is 44.9 Å². The largest absolute Gasteiger partial charge is 0.335 e. The van der Waals surface area contributed by atoms with Crippen LogP contribution in [0.2, 0.25) is 5.02 Å². The summed E-state index contributed by atoms with van der Waals surface area (Å²) in [4.78, 5) is 41.2. The molecular weight excluding hydrogens is 435 g/mol. The molecule has 9 heteroatoms. The molecule has 0 aliphatic carbocycles. The summed E-state index contributed by atoms with van der Waals surface area (Å²) in [5, 5.41) is 5.74. The second-order valence-corrected chi connectivity index (χ2v) is 8.10. The number of nitrogens with zero attached hydrogens (tertiary/aromatic N) is 4. The number of benzene rings is 2. The molecule has 2 aliphatic rings. The number of hydrazone groups is 1. The molecule has 2 aromatic carbocycles. The molecule has 2 aromatic rings. The van der Waals surface area contributed by atoms with Crippen molar-refractivity contribution in [1.82, 2.24) is 14.8 Å². The number of carbonyl (C=O) groups is 3. The van der Waals surface area contributed by atoms with E-state index in [4.69, 9.17) is 11.6 Å². The highest BCUT2D eigenvalue weighted by Gasteiger charge is 2.31. The third kappa shape index (κ3) is 4.80. The zero-order valence-corrected chi connectivity index (χ0v) is 18.1. The van der Waals surface area contributed by atoms with Gasteiger partial charge in [0.2, 0.25) is 5.91 Å². The maximum absolute atomic E-state index is 13.3. The maximum Gasteiger partial charge on any atom is 0.270 e. The Labute approximate surface area is 190 Å². The first-order valence-corrected chi connectivity index (χ1v) is 10.8. The summed E-state index contributed by atoms with van der Waals surface area (Å²) in [7, 11) is 0. The molecule has 4 rings (SSSR count). The van der Waals surface area contributed by atoms with Crippen molar-refractivity contribution >= 4 is 35.0 Å². The summed E-state index contributed by atoms with van der Waals surface area (Å²) in [6.45, 7) is 1.66. The van der Waals surface area contributed by atoms with E-state index >= 15 is 0 Å². The van der Waals surface area contributed by atoms with Crippen LogP contribution in [0, 0.1) is 5.82 Å². The van der Waals surface area contributed by atoms with E-state index in [9.17, 15) is 18.8 Å². The summed E-state index contributed by atoms with van der Waals surface area (Å²) in [5.41, 5.74) is 1.52. The molecule has 0 unspecified atom stereocenters. The van der Waals surface area contributed by atoms with Gasteiger partial charge in [0.15, 0.2) is 0 Å². The minimum atomic E-state index is -0.505. The van der Waals surface area contributed by atoms with E-state index in [-0.39, 0.29) is 34.7 Å². The number of piperazine rings is 1. The first-order valence-electron chi connectivity index (χ1n) is 10.4. The van der Waals surface area contributed by atoms with E-state index in [0.717, 1.165) is 11.6 Å². The molecule has 0 N–H and O–H groups in total. The van der Waals surface area contributed by atoms with Crippen LogP contribution in [0.1, 0.15) is 28.8 Å². The molecule has 32 heavy (non-hydrogen) atoms. The predicted molar refractivity (Wildman–Crippen MR) is 118 cm³/mol. The van der Waals surface area contributed by atoms with Gasteiger partial charge in [-0.3, -0.25) is 14.4 Å². The lowest BCUT2D eigenvalue weighted by atomic mass is 10.1. The Kier molecular flexibility index (Phi) is 6.50. The van der Waals surface area contributed by atoms with Crippen LogP contribution in [0.3, 0.4) is 0 Å². The van der Waals surface area contributed by atoms with Gasteiger partial charge in [0.25, 0.3) is 11.8 Å². The fourth-order valence-electron chi connectivity index (χ4n) is 3.76. The van der Waals surface area contributed by atoms with Crippen LogP contribution >= 0.6 is 11.6 Å². The highest BCUT2D eigenvalue weighted by molar-refractivity contribution is 6.39. The van der Waals surface area contributed by atoms with Crippen molar-refractivity contribution in [3.8, 4) is 0 Å². The lowest BCUT2D eigenvalue weighted by Gasteiger charge is -2.35. The van der Waals surface area contributed by atoms with Crippen LogP contribution in [0.15, 0.2) is 53.6 Å². The van der Waals surface area contributed by atoms with Gasteiger partial charge in [-0.05, 0) is 23.8 Å². The van der Waals surface area contributed by atoms with Gasteiger partial charge in [0.05, 0.1) is 17.1 Å². The molecule has 1 saturated heterocycles. The number of rotatable bonds is 4. The topological polar surface area (TPSA) is 73.3 Å². The van der Waals surface area contributed by atoms with Crippen LogP contribution in [-0.2, 0) is 16.1 Å². The summed E-state index contributed by atoms with van der Waals surface area (Å²) in [6, 6.07) is 13.2. The average Bonchev–Trinajstić information content (AvgIpc) is 2.80. The van der Waals surface area contributed by atoms with Crippen molar-refractivity contribution in [2.75, 3.05) is 26.2 Å². The van der Waals surface area contributed by atoms with E-state index in [1.807, 2.05) is 30.3 Å². The second-order valence-electron chi connectivity index (χ2n) is 7.69. The van der Waals surface area contributed by atoms with Gasteiger partial charge in [-0.25, -0.2) is 9.40 Å². The SMILES string of the molecule is O=C(C1=NN(Cc2ccccc2)C(=O)CC1)N1CCN(C(=O)c2ccc(F)cc2Cl)CC1. The normalized spacial score (nSPS) is 16.8. The van der Waals surface area contributed by atoms with Gasteiger partial charge < -0.3 is 9.80 Å². The van der Waals surface area contributed by atoms with Crippen molar-refractivity contribution < 1.29 is 18.8 Å². The zero-order valence-electron chi connectivity index (χ0n) is 17.3. The third-order valence-corrected chi connectivity index (χ3v) is 5.86. The molecule has 166 valence electrons. The van der Waals surface area contributed by atoms with Gasteiger partial charge in [-0.2, -0.15) is 5.10 Å². The second kappa shape index (κ2) is 9.48. The van der Waals surface area contributed by atoms with Crippen LogP contribution in [-0.4, -0.2) is 64.4 Å². The first kappa shape index (κ1) is 22.0. The Hall–Kier alpha value is -3.26.